The summed E-state index contributed by atoms with van der Waals surface area (Å²) in [6, 6.07) is -0.0701. The molecule has 0 aliphatic carbocycles. The van der Waals surface area contributed by atoms with Gasteiger partial charge in [0.05, 0.1) is 6.04 Å². The van der Waals surface area contributed by atoms with E-state index in [4.69, 9.17) is 5.11 Å². The van der Waals surface area contributed by atoms with E-state index >= 15 is 0 Å². The molecule has 0 aromatic carbocycles. The van der Waals surface area contributed by atoms with Crippen LogP contribution in [-0.2, 0) is 4.79 Å². The molecule has 1 amide bonds. The lowest BCUT2D eigenvalue weighted by Gasteiger charge is -2.35. The smallest absolute Gasteiger partial charge is 0.237 e. The second-order valence-corrected chi connectivity index (χ2v) is 4.26. The van der Waals surface area contributed by atoms with E-state index in [9.17, 15) is 4.79 Å². The lowest BCUT2D eigenvalue weighted by atomic mass is 9.97. The molecule has 0 spiro atoms. The van der Waals surface area contributed by atoms with E-state index in [0.717, 1.165) is 25.9 Å². The van der Waals surface area contributed by atoms with E-state index in [-0.39, 0.29) is 18.6 Å². The van der Waals surface area contributed by atoms with Crippen LogP contribution >= 0.6 is 0 Å². The van der Waals surface area contributed by atoms with Gasteiger partial charge >= 0.3 is 0 Å². The normalized spacial score (nSPS) is 24.9. The summed E-state index contributed by atoms with van der Waals surface area (Å²) in [4.78, 5) is 13.8. The highest BCUT2D eigenvalue weighted by Gasteiger charge is 2.26. The maximum Gasteiger partial charge on any atom is 0.237 e. The van der Waals surface area contributed by atoms with Crippen molar-refractivity contribution < 1.29 is 9.90 Å². The highest BCUT2D eigenvalue weighted by Crippen LogP contribution is 2.17. The molecule has 1 saturated heterocycles. The van der Waals surface area contributed by atoms with Crippen LogP contribution in [0.1, 0.15) is 26.7 Å². The Labute approximate surface area is 91.6 Å². The Morgan fingerprint density at radius 2 is 2.40 bits per heavy atom. The van der Waals surface area contributed by atoms with Gasteiger partial charge in [-0.1, -0.05) is 0 Å². The Kier molecular flexibility index (Phi) is 5.05. The van der Waals surface area contributed by atoms with Crippen LogP contribution in [0.15, 0.2) is 0 Å². The largest absolute Gasteiger partial charge is 0.396 e. The number of amides is 1. The zero-order valence-electron chi connectivity index (χ0n) is 9.70. The van der Waals surface area contributed by atoms with Gasteiger partial charge in [-0.25, -0.2) is 0 Å². The van der Waals surface area contributed by atoms with Crippen molar-refractivity contribution >= 4 is 5.91 Å². The second-order valence-electron chi connectivity index (χ2n) is 4.26. The molecular weight excluding hydrogens is 192 g/mol. The van der Waals surface area contributed by atoms with E-state index in [1.165, 1.54) is 0 Å². The highest BCUT2D eigenvalue weighted by molar-refractivity contribution is 5.81. The zero-order valence-corrected chi connectivity index (χ0v) is 9.70. The lowest BCUT2D eigenvalue weighted by molar-refractivity contribution is -0.126. The van der Waals surface area contributed by atoms with Crippen LogP contribution in [0.25, 0.3) is 0 Å². The first-order valence-electron chi connectivity index (χ1n) is 5.81. The maximum absolute atomic E-state index is 11.6. The van der Waals surface area contributed by atoms with Crippen molar-refractivity contribution in [1.29, 1.82) is 0 Å². The van der Waals surface area contributed by atoms with Crippen molar-refractivity contribution in [3.05, 3.63) is 0 Å². The molecule has 1 heterocycles. The van der Waals surface area contributed by atoms with Gasteiger partial charge in [0.25, 0.3) is 0 Å². The average Bonchev–Trinajstić information content (AvgIpc) is 2.28. The van der Waals surface area contributed by atoms with Gasteiger partial charge in [0.1, 0.15) is 0 Å². The van der Waals surface area contributed by atoms with Crippen molar-refractivity contribution in [2.75, 3.05) is 26.2 Å². The summed E-state index contributed by atoms with van der Waals surface area (Å²) in [6.07, 6.45) is 2.16. The molecule has 88 valence electrons. The monoisotopic (exact) mass is 214 g/mol. The number of likely N-dealkylation sites (N-methyl/N-ethyl adjacent to an activating group) is 1. The van der Waals surface area contributed by atoms with E-state index in [0.29, 0.717) is 12.5 Å². The number of nitrogens with zero attached hydrogens (tertiary/aromatic N) is 1. The molecular formula is C11H22N2O2. The topological polar surface area (TPSA) is 52.6 Å². The van der Waals surface area contributed by atoms with Crippen LogP contribution in [0.5, 0.6) is 0 Å². The first-order valence-corrected chi connectivity index (χ1v) is 5.81. The predicted octanol–water partition coefficient (Wildman–Crippen LogP) is 0.215. The van der Waals surface area contributed by atoms with Gasteiger partial charge in [-0.15, -0.1) is 0 Å². The fourth-order valence-corrected chi connectivity index (χ4v) is 2.09. The summed E-state index contributed by atoms with van der Waals surface area (Å²) in [5.41, 5.74) is 0. The molecule has 1 aliphatic rings. The Hall–Kier alpha value is -0.610. The fraction of sp³-hybridized carbons (Fsp3) is 0.909. The van der Waals surface area contributed by atoms with Crippen LogP contribution in [0, 0.1) is 5.92 Å². The molecule has 1 aliphatic heterocycles. The SMILES string of the molecule is CCNC(=O)C(C)N1CCCC(CO)C1. The minimum Gasteiger partial charge on any atom is -0.396 e. The summed E-state index contributed by atoms with van der Waals surface area (Å²) >= 11 is 0. The van der Waals surface area contributed by atoms with Crippen LogP contribution in [0.3, 0.4) is 0 Å². The third kappa shape index (κ3) is 3.47. The summed E-state index contributed by atoms with van der Waals surface area (Å²) in [7, 11) is 0. The molecule has 0 bridgehead atoms. The highest BCUT2D eigenvalue weighted by atomic mass is 16.3. The molecule has 15 heavy (non-hydrogen) atoms. The molecule has 4 nitrogen and oxygen atoms in total. The number of aliphatic hydroxyl groups excluding tert-OH is 1. The third-order valence-electron chi connectivity index (χ3n) is 3.09. The fourth-order valence-electron chi connectivity index (χ4n) is 2.09. The standard InChI is InChI=1S/C11H22N2O2/c1-3-12-11(15)9(2)13-6-4-5-10(7-13)8-14/h9-10,14H,3-8H2,1-2H3,(H,12,15). The third-order valence-corrected chi connectivity index (χ3v) is 3.09. The zero-order chi connectivity index (χ0) is 11.3. The number of piperidine rings is 1. The minimum absolute atomic E-state index is 0.0701. The minimum atomic E-state index is -0.0701. The molecule has 1 fully saturated rings. The van der Waals surface area contributed by atoms with Gasteiger partial charge in [0.15, 0.2) is 0 Å². The summed E-state index contributed by atoms with van der Waals surface area (Å²) in [5.74, 6) is 0.437. The molecule has 2 atom stereocenters. The Morgan fingerprint density at radius 3 is 3.00 bits per heavy atom. The molecule has 2 N–H and O–H groups in total. The van der Waals surface area contributed by atoms with Crippen LogP contribution in [0.2, 0.25) is 0 Å². The van der Waals surface area contributed by atoms with Crippen LogP contribution in [-0.4, -0.2) is 48.2 Å². The number of carbonyl (C=O) groups is 1. The Morgan fingerprint density at radius 1 is 1.67 bits per heavy atom. The van der Waals surface area contributed by atoms with Crippen molar-refractivity contribution in [2.24, 2.45) is 5.92 Å². The quantitative estimate of drug-likeness (QED) is 0.703. The molecule has 1 rings (SSSR count). The Bertz CT molecular complexity index is 209. The number of likely N-dealkylation sites (tertiary alicyclic amines) is 1. The molecule has 0 saturated carbocycles. The average molecular weight is 214 g/mol. The van der Waals surface area contributed by atoms with Crippen molar-refractivity contribution in [1.82, 2.24) is 10.2 Å². The van der Waals surface area contributed by atoms with Crippen molar-refractivity contribution in [3.8, 4) is 0 Å². The second kappa shape index (κ2) is 6.08. The summed E-state index contributed by atoms with van der Waals surface area (Å²) in [6.45, 7) is 6.59. The van der Waals surface area contributed by atoms with Crippen molar-refractivity contribution in [3.63, 3.8) is 0 Å². The molecule has 0 radical (unpaired) electrons. The number of hydrogen-bond donors (Lipinski definition) is 2. The lowest BCUT2D eigenvalue weighted by Crippen LogP contribution is -2.49. The van der Waals surface area contributed by atoms with E-state index in [1.807, 2.05) is 13.8 Å². The first-order chi connectivity index (χ1) is 7.19. The molecule has 4 heteroatoms. The van der Waals surface area contributed by atoms with Crippen LogP contribution < -0.4 is 5.32 Å². The number of rotatable bonds is 4. The number of aliphatic hydroxyl groups is 1. The first kappa shape index (κ1) is 12.5. The van der Waals surface area contributed by atoms with Gasteiger partial charge in [0.2, 0.25) is 5.91 Å². The maximum atomic E-state index is 11.6. The van der Waals surface area contributed by atoms with Gasteiger partial charge in [-0.2, -0.15) is 0 Å². The molecule has 0 aromatic heterocycles. The molecule has 0 aromatic rings. The van der Waals surface area contributed by atoms with E-state index in [2.05, 4.69) is 10.2 Å². The van der Waals surface area contributed by atoms with Gasteiger partial charge in [-0.05, 0) is 39.2 Å². The number of nitrogens with one attached hydrogen (secondary N) is 1. The van der Waals surface area contributed by atoms with E-state index < -0.39 is 0 Å². The van der Waals surface area contributed by atoms with Crippen molar-refractivity contribution in [2.45, 2.75) is 32.7 Å². The van der Waals surface area contributed by atoms with Gasteiger partial charge in [0, 0.05) is 19.7 Å². The Balaban J connectivity index is 2.44. The van der Waals surface area contributed by atoms with E-state index in [1.54, 1.807) is 0 Å². The summed E-state index contributed by atoms with van der Waals surface area (Å²) in [5, 5.41) is 11.9. The van der Waals surface area contributed by atoms with Gasteiger partial charge in [-0.3, -0.25) is 9.69 Å². The molecule has 2 unspecified atom stereocenters. The number of carbonyl (C=O) groups excluding carboxylic acids is 1. The number of hydrogen-bond acceptors (Lipinski definition) is 3. The summed E-state index contributed by atoms with van der Waals surface area (Å²) < 4.78 is 0. The predicted molar refractivity (Wildman–Crippen MR) is 59.5 cm³/mol. The van der Waals surface area contributed by atoms with Crippen LogP contribution in [0.4, 0.5) is 0 Å². The van der Waals surface area contributed by atoms with Gasteiger partial charge < -0.3 is 10.4 Å².